The number of hydrogen-bond donors (Lipinski definition) is 0. The normalized spacial score (nSPS) is 15.1. The number of aromatic nitrogens is 2. The standard InChI is InChI=1S/C7H6N5/c1-5-10-7(12-11-5)6-8-3-2-4-9-6/h2-4H,1H3. The summed E-state index contributed by atoms with van der Waals surface area (Å²) in [5.74, 6) is 1.63. The molecule has 0 atom stereocenters. The maximum absolute atomic E-state index is 4.03. The Kier molecular flexibility index (Phi) is 1.55. The summed E-state index contributed by atoms with van der Waals surface area (Å²) in [6.45, 7) is 1.78. The van der Waals surface area contributed by atoms with Gasteiger partial charge in [0.15, 0.2) is 11.7 Å². The quantitative estimate of drug-likeness (QED) is 0.588. The Morgan fingerprint density at radius 2 is 1.83 bits per heavy atom. The lowest BCUT2D eigenvalue weighted by atomic mass is 10.5. The van der Waals surface area contributed by atoms with Crippen molar-refractivity contribution >= 4 is 11.7 Å². The molecule has 12 heavy (non-hydrogen) atoms. The molecule has 0 spiro atoms. The highest BCUT2D eigenvalue weighted by Gasteiger charge is 2.13. The molecule has 0 amide bonds. The van der Waals surface area contributed by atoms with E-state index in [0.717, 1.165) is 0 Å². The average Bonchev–Trinajstić information content (AvgIpc) is 2.54. The molecular weight excluding hydrogens is 154 g/mol. The maximum atomic E-state index is 4.03. The van der Waals surface area contributed by atoms with E-state index >= 15 is 0 Å². The van der Waals surface area contributed by atoms with Crippen molar-refractivity contribution in [3.8, 4) is 0 Å². The summed E-state index contributed by atoms with van der Waals surface area (Å²) in [5, 5.41) is 11.6. The molecule has 0 bridgehead atoms. The molecule has 0 fully saturated rings. The Labute approximate surface area is 69.3 Å². The van der Waals surface area contributed by atoms with Gasteiger partial charge in [0.2, 0.25) is 5.84 Å². The minimum Gasteiger partial charge on any atom is -0.234 e. The van der Waals surface area contributed by atoms with Crippen molar-refractivity contribution in [3.63, 3.8) is 0 Å². The van der Waals surface area contributed by atoms with Crippen LogP contribution in [0.25, 0.3) is 0 Å². The van der Waals surface area contributed by atoms with Crippen molar-refractivity contribution in [3.05, 3.63) is 24.3 Å². The first-order valence-corrected chi connectivity index (χ1v) is 3.47. The Balaban J connectivity index is 2.25. The van der Waals surface area contributed by atoms with Gasteiger partial charge in [0.05, 0.1) is 0 Å². The van der Waals surface area contributed by atoms with Crippen molar-refractivity contribution < 1.29 is 0 Å². The van der Waals surface area contributed by atoms with Gasteiger partial charge in [-0.2, -0.15) is 0 Å². The van der Waals surface area contributed by atoms with Gasteiger partial charge < -0.3 is 0 Å². The summed E-state index contributed by atoms with van der Waals surface area (Å²) in [5.41, 5.74) is 0. The molecule has 5 nitrogen and oxygen atoms in total. The van der Waals surface area contributed by atoms with E-state index in [-0.39, 0.29) is 0 Å². The third-order valence-electron chi connectivity index (χ3n) is 1.32. The summed E-state index contributed by atoms with van der Waals surface area (Å²) >= 11 is 0. The first kappa shape index (κ1) is 6.90. The molecule has 0 N–H and O–H groups in total. The van der Waals surface area contributed by atoms with Crippen LogP contribution in [0.3, 0.4) is 0 Å². The minimum absolute atomic E-state index is 0.480. The zero-order valence-corrected chi connectivity index (χ0v) is 6.47. The molecular formula is C7H6N5. The third kappa shape index (κ3) is 1.16. The second-order valence-corrected chi connectivity index (χ2v) is 2.26. The SMILES string of the molecule is CC1=NN=C(c2ncccn2)[N]1. The highest BCUT2D eigenvalue weighted by molar-refractivity contribution is 6.09. The van der Waals surface area contributed by atoms with Crippen molar-refractivity contribution in [2.45, 2.75) is 6.92 Å². The van der Waals surface area contributed by atoms with Crippen molar-refractivity contribution in [1.82, 2.24) is 15.3 Å². The molecule has 1 aliphatic heterocycles. The molecule has 59 valence electrons. The third-order valence-corrected chi connectivity index (χ3v) is 1.32. The molecule has 0 aromatic carbocycles. The second-order valence-electron chi connectivity index (χ2n) is 2.26. The monoisotopic (exact) mass is 160 g/mol. The smallest absolute Gasteiger partial charge is 0.221 e. The van der Waals surface area contributed by atoms with Crippen LogP contribution in [0.4, 0.5) is 0 Å². The van der Waals surface area contributed by atoms with Crippen LogP contribution in [0.2, 0.25) is 0 Å². The first-order valence-electron chi connectivity index (χ1n) is 3.47. The molecule has 0 saturated heterocycles. The van der Waals surface area contributed by atoms with Gasteiger partial charge in [-0.25, -0.2) is 15.3 Å². The van der Waals surface area contributed by atoms with Gasteiger partial charge >= 0.3 is 0 Å². The van der Waals surface area contributed by atoms with Gasteiger partial charge in [-0.1, -0.05) is 0 Å². The van der Waals surface area contributed by atoms with Crippen molar-refractivity contribution in [2.24, 2.45) is 10.2 Å². The Bertz CT molecular complexity index is 340. The molecule has 1 radical (unpaired) electrons. The van der Waals surface area contributed by atoms with Crippen LogP contribution in [0.5, 0.6) is 0 Å². The molecule has 1 aromatic heterocycles. The lowest BCUT2D eigenvalue weighted by Crippen LogP contribution is -2.18. The summed E-state index contributed by atoms with van der Waals surface area (Å²) in [4.78, 5) is 7.97. The molecule has 1 aromatic rings. The minimum atomic E-state index is 0.480. The highest BCUT2D eigenvalue weighted by atomic mass is 15.4. The molecule has 0 aliphatic carbocycles. The molecule has 5 heteroatoms. The zero-order chi connectivity index (χ0) is 8.39. The fourth-order valence-electron chi connectivity index (χ4n) is 0.827. The van der Waals surface area contributed by atoms with E-state index in [1.54, 1.807) is 25.4 Å². The summed E-state index contributed by atoms with van der Waals surface area (Å²) in [6, 6.07) is 1.74. The predicted molar refractivity (Wildman–Crippen MR) is 43.8 cm³/mol. The van der Waals surface area contributed by atoms with Gasteiger partial charge in [0.1, 0.15) is 0 Å². The molecule has 1 aliphatic rings. The summed E-state index contributed by atoms with van der Waals surface area (Å²) < 4.78 is 0. The Morgan fingerprint density at radius 1 is 1.08 bits per heavy atom. The molecule has 2 heterocycles. The van der Waals surface area contributed by atoms with Crippen LogP contribution in [0.15, 0.2) is 28.7 Å². The fourth-order valence-corrected chi connectivity index (χ4v) is 0.827. The van der Waals surface area contributed by atoms with Crippen LogP contribution in [-0.2, 0) is 0 Å². The number of nitrogens with zero attached hydrogens (tertiary/aromatic N) is 5. The van der Waals surface area contributed by atoms with E-state index < -0.39 is 0 Å². The van der Waals surface area contributed by atoms with Gasteiger partial charge in [-0.3, -0.25) is 0 Å². The predicted octanol–water partition coefficient (Wildman–Crippen LogP) is 0.175. The number of hydrogen-bond acceptors (Lipinski definition) is 4. The summed E-state index contributed by atoms with van der Waals surface area (Å²) in [7, 11) is 0. The van der Waals surface area contributed by atoms with E-state index in [0.29, 0.717) is 17.5 Å². The lowest BCUT2D eigenvalue weighted by Gasteiger charge is -1.94. The molecule has 0 unspecified atom stereocenters. The van der Waals surface area contributed by atoms with Crippen LogP contribution >= 0.6 is 0 Å². The topological polar surface area (TPSA) is 64.6 Å². The van der Waals surface area contributed by atoms with Gasteiger partial charge in [-0.15, -0.1) is 10.2 Å². The van der Waals surface area contributed by atoms with Crippen molar-refractivity contribution in [1.29, 1.82) is 0 Å². The number of rotatable bonds is 1. The van der Waals surface area contributed by atoms with Crippen LogP contribution in [-0.4, -0.2) is 21.6 Å². The highest BCUT2D eigenvalue weighted by Crippen LogP contribution is 1.97. The lowest BCUT2D eigenvalue weighted by molar-refractivity contribution is 1.10. The maximum Gasteiger partial charge on any atom is 0.221 e. The summed E-state index contributed by atoms with van der Waals surface area (Å²) in [6.07, 6.45) is 3.29. The fraction of sp³-hybridized carbons (Fsp3) is 0.143. The van der Waals surface area contributed by atoms with E-state index in [1.807, 2.05) is 0 Å². The zero-order valence-electron chi connectivity index (χ0n) is 6.47. The second kappa shape index (κ2) is 2.69. The first-order chi connectivity index (χ1) is 5.86. The van der Waals surface area contributed by atoms with E-state index in [9.17, 15) is 0 Å². The van der Waals surface area contributed by atoms with E-state index in [4.69, 9.17) is 0 Å². The average molecular weight is 160 g/mol. The number of amidine groups is 2. The van der Waals surface area contributed by atoms with Crippen LogP contribution < -0.4 is 5.32 Å². The van der Waals surface area contributed by atoms with Gasteiger partial charge in [-0.05, 0) is 13.0 Å². The Hall–Kier alpha value is -1.78. The van der Waals surface area contributed by atoms with Gasteiger partial charge in [0.25, 0.3) is 0 Å². The molecule has 0 saturated carbocycles. The Morgan fingerprint density at radius 3 is 2.42 bits per heavy atom. The molecule has 2 rings (SSSR count). The van der Waals surface area contributed by atoms with Crippen LogP contribution in [0.1, 0.15) is 12.7 Å². The van der Waals surface area contributed by atoms with Crippen molar-refractivity contribution in [2.75, 3.05) is 0 Å². The van der Waals surface area contributed by atoms with Gasteiger partial charge in [0, 0.05) is 12.4 Å². The van der Waals surface area contributed by atoms with E-state index in [2.05, 4.69) is 25.5 Å². The largest absolute Gasteiger partial charge is 0.234 e. The van der Waals surface area contributed by atoms with E-state index in [1.165, 1.54) is 0 Å². The van der Waals surface area contributed by atoms with Crippen LogP contribution in [0, 0.1) is 0 Å².